The van der Waals surface area contributed by atoms with Crippen molar-refractivity contribution in [2.24, 2.45) is 0 Å². The molecule has 4 heteroatoms. The Morgan fingerprint density at radius 2 is 2.31 bits per heavy atom. The second-order valence-electron chi connectivity index (χ2n) is 3.64. The van der Waals surface area contributed by atoms with E-state index in [2.05, 4.69) is 27.1 Å². The van der Waals surface area contributed by atoms with Gasteiger partial charge in [0.25, 0.3) is 0 Å². The van der Waals surface area contributed by atoms with E-state index in [9.17, 15) is 4.39 Å². The van der Waals surface area contributed by atoms with Crippen molar-refractivity contribution >= 4 is 11.3 Å². The monoisotopic (exact) mass is 236 g/mol. The van der Waals surface area contributed by atoms with Crippen LogP contribution in [0.3, 0.4) is 0 Å². The van der Waals surface area contributed by atoms with Crippen LogP contribution in [0.2, 0.25) is 0 Å². The molecule has 0 aliphatic heterocycles. The van der Waals surface area contributed by atoms with E-state index in [-0.39, 0.29) is 11.9 Å². The van der Waals surface area contributed by atoms with E-state index in [1.54, 1.807) is 17.4 Å². The lowest BCUT2D eigenvalue weighted by Crippen LogP contribution is -2.18. The first-order valence-electron chi connectivity index (χ1n) is 5.11. The van der Waals surface area contributed by atoms with Crippen LogP contribution in [0.4, 0.5) is 4.39 Å². The molecule has 84 valence electrons. The van der Waals surface area contributed by atoms with Gasteiger partial charge in [0.15, 0.2) is 0 Å². The number of rotatable bonds is 4. The predicted octanol–water partition coefficient (Wildman–Crippen LogP) is 3.13. The van der Waals surface area contributed by atoms with Crippen molar-refractivity contribution in [3.63, 3.8) is 0 Å². The molecule has 0 aliphatic rings. The third-order valence-electron chi connectivity index (χ3n) is 2.39. The van der Waals surface area contributed by atoms with E-state index in [1.807, 2.05) is 6.92 Å². The predicted molar refractivity (Wildman–Crippen MR) is 63.8 cm³/mol. The van der Waals surface area contributed by atoms with Gasteiger partial charge in [-0.3, -0.25) is 4.98 Å². The fourth-order valence-electron chi connectivity index (χ4n) is 1.41. The Kier molecular flexibility index (Phi) is 3.64. The standard InChI is InChI=1S/C12H13FN2S/c1-9(12-3-2-11(13)7-15-12)14-6-10-4-5-16-8-10/h2-5,7-9,14H,6H2,1H3. The molecule has 2 aromatic heterocycles. The van der Waals surface area contributed by atoms with Gasteiger partial charge in [-0.1, -0.05) is 0 Å². The molecule has 1 atom stereocenters. The molecular formula is C12H13FN2S. The van der Waals surface area contributed by atoms with Gasteiger partial charge in [-0.05, 0) is 41.4 Å². The Hall–Kier alpha value is -1.26. The highest BCUT2D eigenvalue weighted by atomic mass is 32.1. The average molecular weight is 236 g/mol. The molecule has 2 heterocycles. The second-order valence-corrected chi connectivity index (χ2v) is 4.42. The van der Waals surface area contributed by atoms with Crippen LogP contribution in [0, 0.1) is 5.82 Å². The van der Waals surface area contributed by atoms with Crippen LogP contribution < -0.4 is 5.32 Å². The van der Waals surface area contributed by atoms with Crippen LogP contribution in [0.5, 0.6) is 0 Å². The lowest BCUT2D eigenvalue weighted by molar-refractivity contribution is 0.555. The molecule has 0 radical (unpaired) electrons. The Bertz CT molecular complexity index is 425. The van der Waals surface area contributed by atoms with Crippen molar-refractivity contribution in [2.75, 3.05) is 0 Å². The first-order chi connectivity index (χ1) is 7.75. The number of halogens is 1. The summed E-state index contributed by atoms with van der Waals surface area (Å²) in [6, 6.07) is 5.36. The van der Waals surface area contributed by atoms with Gasteiger partial charge in [-0.2, -0.15) is 11.3 Å². The van der Waals surface area contributed by atoms with Gasteiger partial charge in [0.2, 0.25) is 0 Å². The molecule has 0 spiro atoms. The van der Waals surface area contributed by atoms with E-state index in [4.69, 9.17) is 0 Å². The third-order valence-corrected chi connectivity index (χ3v) is 3.12. The Labute approximate surface area is 98.2 Å². The van der Waals surface area contributed by atoms with Crippen molar-refractivity contribution in [3.8, 4) is 0 Å². The summed E-state index contributed by atoms with van der Waals surface area (Å²) < 4.78 is 12.7. The maximum atomic E-state index is 12.7. The van der Waals surface area contributed by atoms with E-state index < -0.39 is 0 Å². The number of thiophene rings is 1. The zero-order valence-corrected chi connectivity index (χ0v) is 9.80. The SMILES string of the molecule is CC(NCc1ccsc1)c1ccc(F)cn1. The minimum atomic E-state index is -0.297. The van der Waals surface area contributed by atoms with Gasteiger partial charge < -0.3 is 5.32 Å². The molecule has 0 bridgehead atoms. The summed E-state index contributed by atoms with van der Waals surface area (Å²) in [6.07, 6.45) is 1.25. The quantitative estimate of drug-likeness (QED) is 0.882. The molecular weight excluding hydrogens is 223 g/mol. The largest absolute Gasteiger partial charge is 0.305 e. The van der Waals surface area contributed by atoms with Crippen molar-refractivity contribution in [1.82, 2.24) is 10.3 Å². The molecule has 1 N–H and O–H groups in total. The maximum Gasteiger partial charge on any atom is 0.141 e. The highest BCUT2D eigenvalue weighted by Crippen LogP contribution is 2.12. The Morgan fingerprint density at radius 3 is 2.94 bits per heavy atom. The highest BCUT2D eigenvalue weighted by Gasteiger charge is 2.06. The smallest absolute Gasteiger partial charge is 0.141 e. The summed E-state index contributed by atoms with van der Waals surface area (Å²) >= 11 is 1.68. The zero-order chi connectivity index (χ0) is 11.4. The van der Waals surface area contributed by atoms with Gasteiger partial charge in [-0.25, -0.2) is 4.39 Å². The van der Waals surface area contributed by atoms with Crippen LogP contribution in [0.25, 0.3) is 0 Å². The molecule has 0 saturated heterocycles. The average Bonchev–Trinajstić information content (AvgIpc) is 2.80. The summed E-state index contributed by atoms with van der Waals surface area (Å²) in [4.78, 5) is 4.04. The molecule has 0 saturated carbocycles. The fourth-order valence-corrected chi connectivity index (χ4v) is 2.08. The van der Waals surface area contributed by atoms with Crippen LogP contribution in [-0.2, 0) is 6.54 Å². The molecule has 0 fully saturated rings. The summed E-state index contributed by atoms with van der Waals surface area (Å²) in [6.45, 7) is 2.83. The van der Waals surface area contributed by atoms with Gasteiger partial charge in [-0.15, -0.1) is 0 Å². The summed E-state index contributed by atoms with van der Waals surface area (Å²) in [5, 5.41) is 7.50. The lowest BCUT2D eigenvalue weighted by Gasteiger charge is -2.12. The second kappa shape index (κ2) is 5.18. The number of aromatic nitrogens is 1. The first-order valence-corrected chi connectivity index (χ1v) is 6.06. The van der Waals surface area contributed by atoms with Gasteiger partial charge in [0.05, 0.1) is 11.9 Å². The molecule has 16 heavy (non-hydrogen) atoms. The van der Waals surface area contributed by atoms with Crippen LogP contribution in [0.15, 0.2) is 35.2 Å². The number of nitrogens with one attached hydrogen (secondary N) is 1. The number of pyridine rings is 1. The van der Waals surface area contributed by atoms with Gasteiger partial charge in [0, 0.05) is 12.6 Å². The summed E-state index contributed by atoms with van der Waals surface area (Å²) in [5.74, 6) is -0.297. The molecule has 0 amide bonds. The summed E-state index contributed by atoms with van der Waals surface area (Å²) in [5.41, 5.74) is 2.12. The minimum absolute atomic E-state index is 0.125. The third kappa shape index (κ3) is 2.87. The van der Waals surface area contributed by atoms with Crippen molar-refractivity contribution in [1.29, 1.82) is 0 Å². The normalized spacial score (nSPS) is 12.6. The maximum absolute atomic E-state index is 12.7. The van der Waals surface area contributed by atoms with Gasteiger partial charge >= 0.3 is 0 Å². The van der Waals surface area contributed by atoms with Crippen LogP contribution in [0.1, 0.15) is 24.2 Å². The molecule has 2 aromatic rings. The van der Waals surface area contributed by atoms with Crippen molar-refractivity contribution in [2.45, 2.75) is 19.5 Å². The highest BCUT2D eigenvalue weighted by molar-refractivity contribution is 7.07. The summed E-state index contributed by atoms with van der Waals surface area (Å²) in [7, 11) is 0. The fraction of sp³-hybridized carbons (Fsp3) is 0.250. The van der Waals surface area contributed by atoms with Crippen LogP contribution >= 0.6 is 11.3 Å². The van der Waals surface area contributed by atoms with Crippen molar-refractivity contribution in [3.05, 3.63) is 52.2 Å². The number of hydrogen-bond acceptors (Lipinski definition) is 3. The lowest BCUT2D eigenvalue weighted by atomic mass is 10.2. The molecule has 1 unspecified atom stereocenters. The van der Waals surface area contributed by atoms with Gasteiger partial charge in [0.1, 0.15) is 5.82 Å². The Morgan fingerprint density at radius 1 is 1.44 bits per heavy atom. The topological polar surface area (TPSA) is 24.9 Å². The minimum Gasteiger partial charge on any atom is -0.305 e. The Balaban J connectivity index is 1.93. The van der Waals surface area contributed by atoms with E-state index in [1.165, 1.54) is 17.8 Å². The van der Waals surface area contributed by atoms with E-state index >= 15 is 0 Å². The van der Waals surface area contributed by atoms with Crippen molar-refractivity contribution < 1.29 is 4.39 Å². The molecule has 2 nitrogen and oxygen atoms in total. The first kappa shape index (κ1) is 11.2. The zero-order valence-electron chi connectivity index (χ0n) is 8.98. The van der Waals surface area contributed by atoms with E-state index in [0.29, 0.717) is 0 Å². The molecule has 0 aliphatic carbocycles. The van der Waals surface area contributed by atoms with E-state index in [0.717, 1.165) is 12.2 Å². The number of nitrogens with zero attached hydrogens (tertiary/aromatic N) is 1. The molecule has 2 rings (SSSR count). The van der Waals surface area contributed by atoms with Crippen LogP contribution in [-0.4, -0.2) is 4.98 Å². The molecule has 0 aromatic carbocycles. The number of hydrogen-bond donors (Lipinski definition) is 1.